The number of halogens is 3. The molecule has 0 saturated heterocycles. The molecule has 1 saturated carbocycles. The van der Waals surface area contributed by atoms with Crippen LogP contribution in [0.3, 0.4) is 0 Å². The smallest absolute Gasteiger partial charge is 0.469 e. The molecule has 0 aliphatic heterocycles. The second-order valence-electron chi connectivity index (χ2n) is 3.60. The van der Waals surface area contributed by atoms with Gasteiger partial charge in [-0.25, -0.2) is 0 Å². The summed E-state index contributed by atoms with van der Waals surface area (Å²) in [6.07, 6.45) is -0.550. The van der Waals surface area contributed by atoms with Crippen LogP contribution in [0.25, 0.3) is 0 Å². The monoisotopic (exact) mass is 276 g/mol. The van der Waals surface area contributed by atoms with Crippen molar-refractivity contribution >= 4 is 16.1 Å². The van der Waals surface area contributed by atoms with Crippen LogP contribution in [0, 0.1) is 5.92 Å². The molecule has 1 fully saturated rings. The van der Waals surface area contributed by atoms with Gasteiger partial charge in [-0.2, -0.15) is 21.6 Å². The topological polar surface area (TPSA) is 69.7 Å². The fourth-order valence-corrected chi connectivity index (χ4v) is 2.34. The van der Waals surface area contributed by atoms with Gasteiger partial charge in [0.25, 0.3) is 0 Å². The van der Waals surface area contributed by atoms with Crippen LogP contribution in [0.1, 0.15) is 19.3 Å². The molecule has 0 aromatic carbocycles. The van der Waals surface area contributed by atoms with Crippen LogP contribution < -0.4 is 0 Å². The number of hydrogen-bond donors (Lipinski definition) is 0. The Balaban J connectivity index is 2.79. The molecule has 2 atom stereocenters. The lowest BCUT2D eigenvalue weighted by Crippen LogP contribution is -2.34. The van der Waals surface area contributed by atoms with E-state index in [0.29, 0.717) is 6.42 Å². The van der Waals surface area contributed by atoms with E-state index in [9.17, 15) is 26.4 Å². The summed E-state index contributed by atoms with van der Waals surface area (Å²) < 4.78 is 66.1. The molecule has 0 heterocycles. The van der Waals surface area contributed by atoms with Gasteiger partial charge in [-0.05, 0) is 19.3 Å². The Morgan fingerprint density at radius 1 is 1.29 bits per heavy atom. The molecular weight excluding hydrogens is 265 g/mol. The Morgan fingerprint density at radius 2 is 1.88 bits per heavy atom. The van der Waals surface area contributed by atoms with Gasteiger partial charge in [-0.3, -0.25) is 8.98 Å². The molecular formula is C8H11F3O5S. The van der Waals surface area contributed by atoms with E-state index in [2.05, 4.69) is 8.92 Å². The molecule has 0 bridgehead atoms. The number of carbonyl (C=O) groups is 1. The van der Waals surface area contributed by atoms with Crippen molar-refractivity contribution < 1.29 is 35.3 Å². The fraction of sp³-hybridized carbons (Fsp3) is 0.875. The number of rotatable bonds is 3. The zero-order valence-electron chi connectivity index (χ0n) is 8.86. The molecule has 0 N–H and O–H groups in total. The molecule has 1 aliphatic carbocycles. The van der Waals surface area contributed by atoms with Crippen molar-refractivity contribution in [2.45, 2.75) is 30.9 Å². The summed E-state index contributed by atoms with van der Waals surface area (Å²) >= 11 is 0. The highest BCUT2D eigenvalue weighted by Crippen LogP contribution is 2.34. The van der Waals surface area contributed by atoms with Gasteiger partial charge in [-0.1, -0.05) is 0 Å². The Bertz CT molecular complexity index is 388. The van der Waals surface area contributed by atoms with Crippen LogP contribution in [-0.2, 0) is 23.8 Å². The lowest BCUT2D eigenvalue weighted by molar-refractivity contribution is -0.148. The zero-order valence-corrected chi connectivity index (χ0v) is 9.68. The summed E-state index contributed by atoms with van der Waals surface area (Å²) in [6.45, 7) is 0. The predicted molar refractivity (Wildman–Crippen MR) is 49.2 cm³/mol. The molecule has 17 heavy (non-hydrogen) atoms. The molecule has 0 spiro atoms. The van der Waals surface area contributed by atoms with Gasteiger partial charge in [-0.15, -0.1) is 0 Å². The third-order valence-corrected chi connectivity index (χ3v) is 3.56. The molecule has 0 radical (unpaired) electrons. The van der Waals surface area contributed by atoms with Crippen molar-refractivity contribution in [2.24, 2.45) is 5.92 Å². The molecule has 1 rings (SSSR count). The van der Waals surface area contributed by atoms with Gasteiger partial charge in [0.05, 0.1) is 19.1 Å². The van der Waals surface area contributed by atoms with E-state index >= 15 is 0 Å². The number of ether oxygens (including phenoxy) is 1. The highest BCUT2D eigenvalue weighted by molar-refractivity contribution is 7.87. The highest BCUT2D eigenvalue weighted by atomic mass is 32.2. The zero-order chi connectivity index (χ0) is 13.3. The SMILES string of the molecule is COC(=O)C1CCCC1OS(=O)(=O)C(F)(F)F. The number of hydrogen-bond acceptors (Lipinski definition) is 5. The average Bonchev–Trinajstić information content (AvgIpc) is 2.62. The minimum Gasteiger partial charge on any atom is -0.469 e. The number of carbonyl (C=O) groups excluding carboxylic acids is 1. The van der Waals surface area contributed by atoms with Crippen LogP contribution in [0.4, 0.5) is 13.2 Å². The van der Waals surface area contributed by atoms with Gasteiger partial charge in [0.15, 0.2) is 0 Å². The lowest BCUT2D eigenvalue weighted by Gasteiger charge is -2.18. The van der Waals surface area contributed by atoms with Crippen LogP contribution >= 0.6 is 0 Å². The van der Waals surface area contributed by atoms with E-state index in [1.165, 1.54) is 0 Å². The fourth-order valence-electron chi connectivity index (χ4n) is 1.68. The van der Waals surface area contributed by atoms with Gasteiger partial charge < -0.3 is 4.74 Å². The summed E-state index contributed by atoms with van der Waals surface area (Å²) in [5.41, 5.74) is -5.48. The van der Waals surface area contributed by atoms with Gasteiger partial charge in [0.2, 0.25) is 0 Å². The number of esters is 1. The maximum absolute atomic E-state index is 12.1. The summed E-state index contributed by atoms with van der Waals surface area (Å²) in [7, 11) is -4.58. The molecule has 0 aromatic rings. The van der Waals surface area contributed by atoms with Crippen LogP contribution in [-0.4, -0.2) is 33.1 Å². The lowest BCUT2D eigenvalue weighted by atomic mass is 10.1. The van der Waals surface area contributed by atoms with E-state index in [4.69, 9.17) is 0 Å². The summed E-state index contributed by atoms with van der Waals surface area (Å²) in [6, 6.07) is 0. The second-order valence-corrected chi connectivity index (χ2v) is 5.16. The number of alkyl halides is 3. The molecule has 5 nitrogen and oxygen atoms in total. The summed E-state index contributed by atoms with van der Waals surface area (Å²) in [5.74, 6) is -1.72. The van der Waals surface area contributed by atoms with Crippen molar-refractivity contribution in [2.75, 3.05) is 7.11 Å². The largest absolute Gasteiger partial charge is 0.523 e. The van der Waals surface area contributed by atoms with E-state index in [-0.39, 0.29) is 12.8 Å². The van der Waals surface area contributed by atoms with Crippen molar-refractivity contribution in [3.05, 3.63) is 0 Å². The first-order valence-corrected chi connectivity index (χ1v) is 6.17. The highest BCUT2D eigenvalue weighted by Gasteiger charge is 2.50. The summed E-state index contributed by atoms with van der Waals surface area (Å²) in [4.78, 5) is 11.2. The first-order valence-electron chi connectivity index (χ1n) is 4.76. The Labute approximate surface area is 96.0 Å². The third kappa shape index (κ3) is 3.09. The first kappa shape index (κ1) is 14.2. The Hall–Kier alpha value is -0.830. The normalized spacial score (nSPS) is 25.9. The van der Waals surface area contributed by atoms with Crippen LogP contribution in [0.5, 0.6) is 0 Å². The molecule has 2 unspecified atom stereocenters. The molecule has 100 valence electrons. The van der Waals surface area contributed by atoms with Gasteiger partial charge in [0, 0.05) is 0 Å². The number of methoxy groups -OCH3 is 1. The third-order valence-electron chi connectivity index (χ3n) is 2.49. The standard InChI is InChI=1S/C8H11F3O5S/c1-15-7(12)5-3-2-4-6(5)16-17(13,14)8(9,10)11/h5-6H,2-4H2,1H3. The molecule has 1 aliphatic rings. The van der Waals surface area contributed by atoms with Crippen molar-refractivity contribution in [3.8, 4) is 0 Å². The van der Waals surface area contributed by atoms with E-state index in [1.54, 1.807) is 0 Å². The Kier molecular flexibility index (Phi) is 4.03. The quantitative estimate of drug-likeness (QED) is 0.440. The van der Waals surface area contributed by atoms with Crippen LogP contribution in [0.2, 0.25) is 0 Å². The van der Waals surface area contributed by atoms with E-state index < -0.39 is 33.6 Å². The predicted octanol–water partition coefficient (Wildman–Crippen LogP) is 1.19. The van der Waals surface area contributed by atoms with Crippen LogP contribution in [0.15, 0.2) is 0 Å². The second kappa shape index (κ2) is 4.81. The maximum atomic E-state index is 12.1. The minimum atomic E-state index is -5.66. The molecule has 9 heteroatoms. The van der Waals surface area contributed by atoms with E-state index in [1.807, 2.05) is 0 Å². The minimum absolute atomic E-state index is 0.0784. The maximum Gasteiger partial charge on any atom is 0.523 e. The van der Waals surface area contributed by atoms with Crippen molar-refractivity contribution in [3.63, 3.8) is 0 Å². The Morgan fingerprint density at radius 3 is 2.35 bits per heavy atom. The first-order chi connectivity index (χ1) is 7.69. The molecule has 0 amide bonds. The van der Waals surface area contributed by atoms with Gasteiger partial charge >= 0.3 is 21.6 Å². The molecule has 0 aromatic heterocycles. The van der Waals surface area contributed by atoms with Gasteiger partial charge in [0.1, 0.15) is 0 Å². The summed E-state index contributed by atoms with van der Waals surface area (Å²) in [5, 5.41) is 0. The average molecular weight is 276 g/mol. The van der Waals surface area contributed by atoms with Crippen molar-refractivity contribution in [1.29, 1.82) is 0 Å². The van der Waals surface area contributed by atoms with E-state index in [0.717, 1.165) is 7.11 Å². The van der Waals surface area contributed by atoms with Crippen molar-refractivity contribution in [1.82, 2.24) is 0 Å².